The van der Waals surface area contributed by atoms with Crippen molar-refractivity contribution in [3.8, 4) is 5.13 Å². The van der Waals surface area contributed by atoms with Gasteiger partial charge in [-0.3, -0.25) is 4.79 Å². The van der Waals surface area contributed by atoms with Gasteiger partial charge in [0.25, 0.3) is 0 Å². The molecule has 28 heavy (non-hydrogen) atoms. The van der Waals surface area contributed by atoms with Gasteiger partial charge in [0.05, 0.1) is 15.9 Å². The number of carbonyl (C=O) groups excluding carboxylic acids is 1. The van der Waals surface area contributed by atoms with Gasteiger partial charge in [-0.2, -0.15) is 9.78 Å². The van der Waals surface area contributed by atoms with E-state index in [1.165, 1.54) is 16.7 Å². The average Bonchev–Trinajstić information content (AvgIpc) is 3.24. The van der Waals surface area contributed by atoms with E-state index in [9.17, 15) is 4.79 Å². The number of hydrogen-bond acceptors (Lipinski definition) is 4. The maximum absolute atomic E-state index is 12.6. The van der Waals surface area contributed by atoms with Gasteiger partial charge in [0.2, 0.25) is 11.0 Å². The number of thiazole rings is 1. The van der Waals surface area contributed by atoms with Crippen LogP contribution in [0, 0.1) is 20.8 Å². The van der Waals surface area contributed by atoms with Crippen molar-refractivity contribution in [1.29, 1.82) is 0 Å². The van der Waals surface area contributed by atoms with Crippen LogP contribution >= 0.6 is 11.3 Å². The molecule has 1 atom stereocenters. The van der Waals surface area contributed by atoms with E-state index in [0.29, 0.717) is 6.42 Å². The first kappa shape index (κ1) is 17.1. The number of fused-ring (bicyclic) bond motifs is 2. The summed E-state index contributed by atoms with van der Waals surface area (Å²) in [5, 5.41) is 8.59. The lowest BCUT2D eigenvalue weighted by molar-refractivity contribution is -0.116. The smallest absolute Gasteiger partial charge is 0.226 e. The molecular formula is C22H20N4OS. The summed E-state index contributed by atoms with van der Waals surface area (Å²) >= 11 is 1.58. The highest BCUT2D eigenvalue weighted by Crippen LogP contribution is 2.42. The molecule has 0 unspecified atom stereocenters. The number of amides is 1. The highest BCUT2D eigenvalue weighted by atomic mass is 32.1. The van der Waals surface area contributed by atoms with Crippen LogP contribution in [-0.2, 0) is 4.79 Å². The summed E-state index contributed by atoms with van der Waals surface area (Å²) in [4.78, 5) is 17.3. The first-order valence-electron chi connectivity index (χ1n) is 9.33. The maximum Gasteiger partial charge on any atom is 0.226 e. The number of anilines is 1. The lowest BCUT2D eigenvalue weighted by atomic mass is 9.83. The minimum Gasteiger partial charge on any atom is -0.310 e. The minimum absolute atomic E-state index is 0.00628. The van der Waals surface area contributed by atoms with Crippen LogP contribution in [0.15, 0.2) is 42.5 Å². The Morgan fingerprint density at radius 2 is 1.96 bits per heavy atom. The monoisotopic (exact) mass is 388 g/mol. The zero-order chi connectivity index (χ0) is 19.4. The van der Waals surface area contributed by atoms with Crippen molar-refractivity contribution in [2.75, 3.05) is 5.32 Å². The fourth-order valence-corrected chi connectivity index (χ4v) is 4.96. The number of nitrogens with one attached hydrogen (secondary N) is 1. The number of nitrogens with zero attached hydrogens (tertiary/aromatic N) is 3. The van der Waals surface area contributed by atoms with Gasteiger partial charge in [-0.15, -0.1) is 0 Å². The lowest BCUT2D eigenvalue weighted by Crippen LogP contribution is -2.25. The van der Waals surface area contributed by atoms with E-state index < -0.39 is 0 Å². The second kappa shape index (κ2) is 6.27. The molecule has 1 aliphatic rings. The van der Waals surface area contributed by atoms with Crippen molar-refractivity contribution in [1.82, 2.24) is 14.8 Å². The van der Waals surface area contributed by atoms with Crippen LogP contribution in [-0.4, -0.2) is 20.7 Å². The van der Waals surface area contributed by atoms with E-state index in [-0.39, 0.29) is 11.8 Å². The predicted octanol–water partition coefficient (Wildman–Crippen LogP) is 4.88. The Kier molecular flexibility index (Phi) is 3.84. The molecule has 0 aliphatic carbocycles. The molecule has 140 valence electrons. The quantitative estimate of drug-likeness (QED) is 0.532. The molecule has 2 aromatic carbocycles. The van der Waals surface area contributed by atoms with Gasteiger partial charge in [-0.25, -0.2) is 4.98 Å². The fourth-order valence-electron chi connectivity index (χ4n) is 4.04. The summed E-state index contributed by atoms with van der Waals surface area (Å²) in [6.45, 7) is 6.21. The van der Waals surface area contributed by atoms with Crippen molar-refractivity contribution in [2.24, 2.45) is 0 Å². The number of carbonyl (C=O) groups is 1. The Morgan fingerprint density at radius 3 is 2.79 bits per heavy atom. The van der Waals surface area contributed by atoms with Gasteiger partial charge in [0, 0.05) is 17.9 Å². The van der Waals surface area contributed by atoms with Crippen LogP contribution in [0.5, 0.6) is 0 Å². The molecule has 5 nitrogen and oxygen atoms in total. The molecule has 6 heteroatoms. The number of benzene rings is 2. The summed E-state index contributed by atoms with van der Waals surface area (Å²) < 4.78 is 2.90. The second-order valence-corrected chi connectivity index (χ2v) is 8.40. The van der Waals surface area contributed by atoms with Gasteiger partial charge in [-0.1, -0.05) is 47.2 Å². The van der Waals surface area contributed by atoms with Crippen molar-refractivity contribution in [3.05, 3.63) is 70.4 Å². The Bertz CT molecular complexity index is 1200. The fraction of sp³-hybridized carbons (Fsp3) is 0.227. The molecule has 1 aliphatic heterocycles. The van der Waals surface area contributed by atoms with Gasteiger partial charge in [0.1, 0.15) is 5.82 Å². The summed E-state index contributed by atoms with van der Waals surface area (Å²) in [7, 11) is 0. The molecular weight excluding hydrogens is 368 g/mol. The molecule has 0 bridgehead atoms. The third-order valence-corrected chi connectivity index (χ3v) is 6.39. The van der Waals surface area contributed by atoms with Crippen LogP contribution in [0.1, 0.15) is 40.3 Å². The van der Waals surface area contributed by atoms with E-state index >= 15 is 0 Å². The van der Waals surface area contributed by atoms with Gasteiger partial charge in [-0.05, 0) is 44.0 Å². The van der Waals surface area contributed by atoms with E-state index in [4.69, 9.17) is 10.1 Å². The lowest BCUT2D eigenvalue weighted by Gasteiger charge is -2.25. The zero-order valence-corrected chi connectivity index (χ0v) is 16.8. The molecule has 0 saturated carbocycles. The molecule has 1 N–H and O–H groups in total. The van der Waals surface area contributed by atoms with E-state index in [1.54, 1.807) is 16.0 Å². The Hall–Kier alpha value is -2.99. The summed E-state index contributed by atoms with van der Waals surface area (Å²) in [5.41, 5.74) is 6.56. The molecule has 1 amide bonds. The van der Waals surface area contributed by atoms with Crippen LogP contribution in [0.2, 0.25) is 0 Å². The summed E-state index contributed by atoms with van der Waals surface area (Å²) in [5.74, 6) is 0.770. The molecule has 0 fully saturated rings. The first-order chi connectivity index (χ1) is 13.5. The summed E-state index contributed by atoms with van der Waals surface area (Å²) in [6.07, 6.45) is 0.434. The number of aromatic nitrogens is 3. The van der Waals surface area contributed by atoms with Crippen LogP contribution in [0.4, 0.5) is 5.82 Å². The number of rotatable bonds is 2. The molecule has 0 radical (unpaired) electrons. The van der Waals surface area contributed by atoms with Crippen LogP contribution in [0.25, 0.3) is 15.3 Å². The summed E-state index contributed by atoms with van der Waals surface area (Å²) in [6, 6.07) is 14.5. The van der Waals surface area contributed by atoms with Crippen molar-refractivity contribution in [3.63, 3.8) is 0 Å². The SMILES string of the molecule is Cc1ccc(C)c([C@@H]2CC(=O)Nc3c2c(C)nn3-c2nc3ccccc3s2)c1. The van der Waals surface area contributed by atoms with E-state index in [0.717, 1.165) is 32.4 Å². The molecule has 4 aromatic rings. The predicted molar refractivity (Wildman–Crippen MR) is 112 cm³/mol. The van der Waals surface area contributed by atoms with Crippen LogP contribution in [0.3, 0.4) is 0 Å². The normalized spacial score (nSPS) is 16.2. The molecule has 0 spiro atoms. The Labute approximate surface area is 167 Å². The average molecular weight is 388 g/mol. The molecule has 2 aromatic heterocycles. The van der Waals surface area contributed by atoms with Gasteiger partial charge >= 0.3 is 0 Å². The standard InChI is InChI=1S/C22H20N4OS/c1-12-8-9-13(2)15(10-12)16-11-19(27)24-21-20(16)14(3)25-26(21)22-23-17-6-4-5-7-18(17)28-22/h4-10,16H,11H2,1-3H3,(H,24,27)/t16-/m0/s1. The molecule has 3 heterocycles. The van der Waals surface area contributed by atoms with Crippen molar-refractivity contribution in [2.45, 2.75) is 33.1 Å². The number of aryl methyl sites for hydroxylation is 3. The van der Waals surface area contributed by atoms with Crippen molar-refractivity contribution >= 4 is 33.3 Å². The number of para-hydroxylation sites is 1. The molecule has 5 rings (SSSR count). The third-order valence-electron chi connectivity index (χ3n) is 5.38. The topological polar surface area (TPSA) is 59.8 Å². The zero-order valence-electron chi connectivity index (χ0n) is 16.0. The third kappa shape index (κ3) is 2.64. The Balaban J connectivity index is 1.70. The second-order valence-electron chi connectivity index (χ2n) is 7.39. The largest absolute Gasteiger partial charge is 0.310 e. The first-order valence-corrected chi connectivity index (χ1v) is 10.2. The van der Waals surface area contributed by atoms with E-state index in [1.807, 2.05) is 25.1 Å². The van der Waals surface area contributed by atoms with Gasteiger partial charge < -0.3 is 5.32 Å². The Morgan fingerprint density at radius 1 is 1.14 bits per heavy atom. The van der Waals surface area contributed by atoms with Gasteiger partial charge in [0.15, 0.2) is 0 Å². The molecule has 0 saturated heterocycles. The minimum atomic E-state index is 0.00628. The van der Waals surface area contributed by atoms with Crippen molar-refractivity contribution < 1.29 is 4.79 Å². The maximum atomic E-state index is 12.6. The highest BCUT2D eigenvalue weighted by molar-refractivity contribution is 7.20. The highest BCUT2D eigenvalue weighted by Gasteiger charge is 2.34. The number of hydrogen-bond donors (Lipinski definition) is 1. The van der Waals surface area contributed by atoms with E-state index in [2.05, 4.69) is 43.4 Å². The van der Waals surface area contributed by atoms with Crippen LogP contribution < -0.4 is 5.32 Å².